The molecule has 0 N–H and O–H groups in total. The summed E-state index contributed by atoms with van der Waals surface area (Å²) in [7, 11) is 3.83. The molecule has 0 amide bonds. The first kappa shape index (κ1) is 33.9. The summed E-state index contributed by atoms with van der Waals surface area (Å²) >= 11 is 0. The Morgan fingerprint density at radius 3 is 1.83 bits per heavy atom. The predicted octanol–water partition coefficient (Wildman–Crippen LogP) is 9.89. The molecular formula is C35H48N4O3. The van der Waals surface area contributed by atoms with Crippen LogP contribution in [0.1, 0.15) is 69.5 Å². The van der Waals surface area contributed by atoms with E-state index >= 15 is 0 Å². The van der Waals surface area contributed by atoms with Crippen molar-refractivity contribution in [3.05, 3.63) is 89.4 Å². The van der Waals surface area contributed by atoms with Crippen LogP contribution in [0.15, 0.2) is 70.3 Å². The van der Waals surface area contributed by atoms with Crippen molar-refractivity contribution in [2.75, 3.05) is 0 Å². The second kappa shape index (κ2) is 16.2. The van der Waals surface area contributed by atoms with Gasteiger partial charge < -0.3 is 13.6 Å². The minimum Gasteiger partial charge on any atom is -0.486 e. The molecule has 0 bridgehead atoms. The molecule has 0 saturated carbocycles. The maximum Gasteiger partial charge on any atom is 0.140 e. The fourth-order valence-corrected chi connectivity index (χ4v) is 4.76. The van der Waals surface area contributed by atoms with Crippen LogP contribution in [-0.2, 0) is 20.7 Å². The van der Waals surface area contributed by atoms with E-state index in [2.05, 4.69) is 36.2 Å². The summed E-state index contributed by atoms with van der Waals surface area (Å²) in [6, 6.07) is 10.2. The molecule has 226 valence electrons. The third-order valence-electron chi connectivity index (χ3n) is 6.31. The van der Waals surface area contributed by atoms with Gasteiger partial charge in [0.1, 0.15) is 23.5 Å². The molecule has 6 aromatic rings. The molecule has 4 aromatic heterocycles. The summed E-state index contributed by atoms with van der Waals surface area (Å²) in [6.45, 7) is 20.8. The highest BCUT2D eigenvalue weighted by atomic mass is 16.5. The lowest BCUT2D eigenvalue weighted by molar-refractivity contribution is 0.301. The number of aromatic nitrogens is 4. The number of benzene rings is 2. The standard InChI is InChI=1S/C15H16N2O2.C14H14N2O.3C2H6/c1-10-8-11(2)15(13-5-7-18-14(10)13)19-9-12-4-6-17(3)16-12;1-9-6-10(2)14-12(4-5-17-14)13(9)11-7-15-16(3)8-11;3*1-2/h4-8H,9H2,1-3H3;4-8H,1-3H3;3*1-2H3. The average molecular weight is 573 g/mol. The number of rotatable bonds is 4. The highest BCUT2D eigenvalue weighted by molar-refractivity contribution is 5.97. The van der Waals surface area contributed by atoms with Crippen molar-refractivity contribution in [1.29, 1.82) is 0 Å². The van der Waals surface area contributed by atoms with E-state index in [1.807, 2.05) is 111 Å². The fourth-order valence-electron chi connectivity index (χ4n) is 4.76. The van der Waals surface area contributed by atoms with Crippen LogP contribution in [0.3, 0.4) is 0 Å². The van der Waals surface area contributed by atoms with Gasteiger partial charge in [0, 0.05) is 37.4 Å². The second-order valence-electron chi connectivity index (χ2n) is 9.22. The second-order valence-corrected chi connectivity index (χ2v) is 9.22. The van der Waals surface area contributed by atoms with Gasteiger partial charge in [0.15, 0.2) is 0 Å². The van der Waals surface area contributed by atoms with Crippen LogP contribution in [-0.4, -0.2) is 19.6 Å². The van der Waals surface area contributed by atoms with Gasteiger partial charge in [-0.1, -0.05) is 47.6 Å². The first-order valence-corrected chi connectivity index (χ1v) is 14.9. The Balaban J connectivity index is 0.000000251. The van der Waals surface area contributed by atoms with Crippen LogP contribution in [0.2, 0.25) is 0 Å². The van der Waals surface area contributed by atoms with E-state index in [0.717, 1.165) is 50.1 Å². The number of hydrogen-bond acceptors (Lipinski definition) is 5. The lowest BCUT2D eigenvalue weighted by atomic mass is 9.97. The lowest BCUT2D eigenvalue weighted by Crippen LogP contribution is -2.00. The third kappa shape index (κ3) is 7.72. The van der Waals surface area contributed by atoms with Crippen molar-refractivity contribution in [2.45, 2.75) is 75.8 Å². The quantitative estimate of drug-likeness (QED) is 0.210. The van der Waals surface area contributed by atoms with Gasteiger partial charge in [-0.2, -0.15) is 10.2 Å². The maximum atomic E-state index is 5.93. The monoisotopic (exact) mass is 572 g/mol. The minimum atomic E-state index is 0.463. The van der Waals surface area contributed by atoms with Crippen molar-refractivity contribution in [3.8, 4) is 16.9 Å². The van der Waals surface area contributed by atoms with E-state index in [0.29, 0.717) is 6.61 Å². The van der Waals surface area contributed by atoms with Gasteiger partial charge in [-0.05, 0) is 79.8 Å². The third-order valence-corrected chi connectivity index (χ3v) is 6.31. The van der Waals surface area contributed by atoms with Gasteiger partial charge in [0.25, 0.3) is 0 Å². The molecule has 0 radical (unpaired) electrons. The zero-order valence-electron chi connectivity index (χ0n) is 27.5. The Morgan fingerprint density at radius 1 is 0.714 bits per heavy atom. The number of aryl methyl sites for hydroxylation is 6. The van der Waals surface area contributed by atoms with Crippen LogP contribution >= 0.6 is 0 Å². The predicted molar refractivity (Wildman–Crippen MR) is 175 cm³/mol. The summed E-state index contributed by atoms with van der Waals surface area (Å²) in [5, 5.41) is 10.7. The topological polar surface area (TPSA) is 71.2 Å². The lowest BCUT2D eigenvalue weighted by Gasteiger charge is -2.10. The molecule has 0 fully saturated rings. The summed E-state index contributed by atoms with van der Waals surface area (Å²) < 4.78 is 20.6. The van der Waals surface area contributed by atoms with Gasteiger partial charge in [-0.3, -0.25) is 9.36 Å². The molecule has 0 aliphatic carbocycles. The number of ether oxygens (including phenoxy) is 1. The summed E-state index contributed by atoms with van der Waals surface area (Å²) in [6.07, 6.45) is 9.28. The Labute approximate surface area is 251 Å². The molecule has 2 aromatic carbocycles. The molecule has 6 rings (SSSR count). The van der Waals surface area contributed by atoms with Gasteiger partial charge in [0.05, 0.1) is 29.8 Å². The normalized spacial score (nSPS) is 10.0. The van der Waals surface area contributed by atoms with Gasteiger partial charge in [-0.25, -0.2) is 0 Å². The van der Waals surface area contributed by atoms with Crippen molar-refractivity contribution in [3.63, 3.8) is 0 Å². The Hall–Kier alpha value is -4.26. The van der Waals surface area contributed by atoms with Crippen LogP contribution in [0, 0.1) is 27.7 Å². The van der Waals surface area contributed by atoms with E-state index in [4.69, 9.17) is 13.6 Å². The summed E-state index contributed by atoms with van der Waals surface area (Å²) in [5.41, 5.74) is 9.80. The number of furan rings is 2. The number of fused-ring (bicyclic) bond motifs is 2. The molecule has 0 aliphatic rings. The van der Waals surface area contributed by atoms with Crippen molar-refractivity contribution >= 4 is 21.9 Å². The van der Waals surface area contributed by atoms with E-state index in [-0.39, 0.29) is 0 Å². The molecule has 7 heteroatoms. The Bertz CT molecular complexity index is 1670. The molecule has 0 unspecified atom stereocenters. The smallest absolute Gasteiger partial charge is 0.140 e. The molecule has 0 aliphatic heterocycles. The largest absolute Gasteiger partial charge is 0.486 e. The van der Waals surface area contributed by atoms with E-state index in [9.17, 15) is 0 Å². The highest BCUT2D eigenvalue weighted by Crippen LogP contribution is 2.35. The number of hydrogen-bond donors (Lipinski definition) is 0. The first-order chi connectivity index (χ1) is 20.3. The minimum absolute atomic E-state index is 0.463. The van der Waals surface area contributed by atoms with Crippen molar-refractivity contribution < 1.29 is 13.6 Å². The van der Waals surface area contributed by atoms with Gasteiger partial charge in [0.2, 0.25) is 0 Å². The van der Waals surface area contributed by atoms with E-state index in [1.165, 1.54) is 16.7 Å². The molecule has 0 saturated heterocycles. The zero-order chi connectivity index (χ0) is 31.4. The summed E-state index contributed by atoms with van der Waals surface area (Å²) in [5.74, 6) is 0.875. The first-order valence-electron chi connectivity index (χ1n) is 14.9. The molecule has 0 atom stereocenters. The van der Waals surface area contributed by atoms with E-state index < -0.39 is 0 Å². The zero-order valence-corrected chi connectivity index (χ0v) is 27.5. The van der Waals surface area contributed by atoms with Gasteiger partial charge >= 0.3 is 0 Å². The van der Waals surface area contributed by atoms with Crippen LogP contribution in [0.5, 0.6) is 5.75 Å². The SMILES string of the molecule is CC.CC.CC.Cc1cc(C)c2occc2c1-c1cnn(C)c1.Cc1cc(C)c2occc2c1OCc1ccn(C)n1. The molecule has 7 nitrogen and oxygen atoms in total. The van der Waals surface area contributed by atoms with Crippen LogP contribution in [0.25, 0.3) is 33.1 Å². The van der Waals surface area contributed by atoms with Crippen molar-refractivity contribution in [1.82, 2.24) is 19.6 Å². The molecule has 42 heavy (non-hydrogen) atoms. The maximum absolute atomic E-state index is 5.93. The molecule has 4 heterocycles. The van der Waals surface area contributed by atoms with Gasteiger partial charge in [-0.15, -0.1) is 0 Å². The molecule has 0 spiro atoms. The average Bonchev–Trinajstić information content (AvgIpc) is 3.81. The van der Waals surface area contributed by atoms with Crippen molar-refractivity contribution in [2.24, 2.45) is 14.1 Å². The Morgan fingerprint density at radius 2 is 1.29 bits per heavy atom. The highest BCUT2D eigenvalue weighted by Gasteiger charge is 2.14. The number of nitrogens with zero attached hydrogens (tertiary/aromatic N) is 4. The fraction of sp³-hybridized carbons (Fsp3) is 0.371. The Kier molecular flexibility index (Phi) is 13.1. The van der Waals surface area contributed by atoms with E-state index in [1.54, 1.807) is 17.2 Å². The van der Waals surface area contributed by atoms with Crippen LogP contribution in [0.4, 0.5) is 0 Å². The molecular weight excluding hydrogens is 524 g/mol. The van der Waals surface area contributed by atoms with Crippen LogP contribution < -0.4 is 4.74 Å². The summed E-state index contributed by atoms with van der Waals surface area (Å²) in [4.78, 5) is 0.